The molecule has 5 atom stereocenters. The standard InChI is InChI=1S/C35H42N8O3/c1-34(2,3)46-33(45)43-10-8-21(9-11-43)23-18-38-32(39-19-23)35-16-20-12-24(14-22(17-35)26(35)13-20)40-28-15-27(41-42-30(28)31(36)37)25-6-4-5-7-29(25)44/h4-8,15,18-20,22,24,26,44H,9-14,16-17H2,1-3H3,(H3,36,37)(H,40,41). The van der Waals surface area contributed by atoms with Crippen LogP contribution in [0.25, 0.3) is 16.8 Å². The van der Waals surface area contributed by atoms with E-state index in [1.807, 2.05) is 45.3 Å². The van der Waals surface area contributed by atoms with E-state index < -0.39 is 5.60 Å². The number of aromatic hydroxyl groups is 1. The monoisotopic (exact) mass is 622 g/mol. The molecular formula is C35H42N8O3. The van der Waals surface area contributed by atoms with Crippen LogP contribution in [-0.4, -0.2) is 66.8 Å². The van der Waals surface area contributed by atoms with Gasteiger partial charge in [-0.05, 0) is 101 Å². The number of nitrogens with zero attached hydrogens (tertiary/aromatic N) is 5. The number of para-hydroxylation sites is 1. The first-order valence-electron chi connectivity index (χ1n) is 16.3. The number of hydrogen-bond acceptors (Lipinski definition) is 9. The summed E-state index contributed by atoms with van der Waals surface area (Å²) in [5, 5.41) is 30.7. The van der Waals surface area contributed by atoms with Gasteiger partial charge in [0.25, 0.3) is 0 Å². The van der Waals surface area contributed by atoms with E-state index in [2.05, 4.69) is 21.6 Å². The number of hydrogen-bond donors (Lipinski definition) is 4. The van der Waals surface area contributed by atoms with Crippen LogP contribution in [0.3, 0.4) is 0 Å². The number of phenols is 1. The van der Waals surface area contributed by atoms with Crippen LogP contribution in [0.1, 0.15) is 76.4 Å². The van der Waals surface area contributed by atoms with Gasteiger partial charge in [0.2, 0.25) is 0 Å². The second-order valence-corrected chi connectivity index (χ2v) is 14.5. The molecule has 4 aliphatic rings. The molecule has 1 aliphatic heterocycles. The number of amidine groups is 1. The fourth-order valence-corrected chi connectivity index (χ4v) is 8.34. The smallest absolute Gasteiger partial charge is 0.410 e. The number of amides is 1. The highest BCUT2D eigenvalue weighted by molar-refractivity contribution is 5.98. The number of carbonyl (C=O) groups is 1. The molecule has 5 N–H and O–H groups in total. The quantitative estimate of drug-likeness (QED) is 0.205. The van der Waals surface area contributed by atoms with Crippen LogP contribution in [-0.2, 0) is 10.2 Å². The molecule has 2 bridgehead atoms. The number of fused-ring (bicyclic) bond motifs is 1. The lowest BCUT2D eigenvalue weighted by Crippen LogP contribution is -2.51. The molecule has 3 aliphatic carbocycles. The van der Waals surface area contributed by atoms with Crippen LogP contribution in [0.4, 0.5) is 10.5 Å². The molecule has 3 saturated carbocycles. The third-order valence-corrected chi connectivity index (χ3v) is 10.3. The number of nitrogen functional groups attached to an aromatic ring is 1. The summed E-state index contributed by atoms with van der Waals surface area (Å²) in [5.41, 5.74) is 9.77. The SMILES string of the molecule is CC(C)(C)OC(=O)N1CC=C(c2cnc(C34CC5CC(Nc6cc(-c7ccccc7O)nnc6C(=N)N)CC(C3)C4C5)nc2)CC1. The third kappa shape index (κ3) is 5.56. The number of ether oxygens (including phenoxy) is 1. The summed E-state index contributed by atoms with van der Waals surface area (Å²) in [6.45, 7) is 6.79. The Morgan fingerprint density at radius 1 is 1.13 bits per heavy atom. The Hall–Kier alpha value is -4.54. The first-order chi connectivity index (χ1) is 22.0. The van der Waals surface area contributed by atoms with E-state index in [0.717, 1.165) is 43.5 Å². The predicted molar refractivity (Wildman–Crippen MR) is 175 cm³/mol. The van der Waals surface area contributed by atoms with E-state index in [0.29, 0.717) is 53.5 Å². The van der Waals surface area contributed by atoms with Crippen LogP contribution in [0, 0.1) is 23.2 Å². The van der Waals surface area contributed by atoms with Crippen LogP contribution < -0.4 is 11.1 Å². The first kappa shape index (κ1) is 30.1. The minimum absolute atomic E-state index is 0.0497. The molecular weight excluding hydrogens is 580 g/mol. The van der Waals surface area contributed by atoms with Crippen molar-refractivity contribution in [2.75, 3.05) is 18.4 Å². The van der Waals surface area contributed by atoms with Crippen molar-refractivity contribution in [3.05, 3.63) is 65.9 Å². The molecule has 0 spiro atoms. The number of benzene rings is 1. The molecule has 2 aromatic heterocycles. The largest absolute Gasteiger partial charge is 0.507 e. The Morgan fingerprint density at radius 2 is 1.91 bits per heavy atom. The maximum Gasteiger partial charge on any atom is 0.410 e. The van der Waals surface area contributed by atoms with Crippen molar-refractivity contribution in [1.82, 2.24) is 25.1 Å². The predicted octanol–water partition coefficient (Wildman–Crippen LogP) is 5.51. The summed E-state index contributed by atoms with van der Waals surface area (Å²) in [7, 11) is 0. The van der Waals surface area contributed by atoms with Gasteiger partial charge in [0.1, 0.15) is 23.0 Å². The van der Waals surface area contributed by atoms with Gasteiger partial charge < -0.3 is 25.8 Å². The van der Waals surface area contributed by atoms with Gasteiger partial charge in [-0.15, -0.1) is 10.2 Å². The third-order valence-electron chi connectivity index (χ3n) is 10.3. The van der Waals surface area contributed by atoms with Crippen molar-refractivity contribution < 1.29 is 14.6 Å². The van der Waals surface area contributed by atoms with Gasteiger partial charge in [-0.2, -0.15) is 0 Å². The summed E-state index contributed by atoms with van der Waals surface area (Å²) >= 11 is 0. The Balaban J connectivity index is 1.02. The van der Waals surface area contributed by atoms with E-state index in [1.54, 1.807) is 23.1 Å². The normalized spacial score (nSPS) is 26.8. The van der Waals surface area contributed by atoms with Gasteiger partial charge in [0, 0.05) is 48.1 Å². The highest BCUT2D eigenvalue weighted by Crippen LogP contribution is 2.66. The van der Waals surface area contributed by atoms with Crippen LogP contribution >= 0.6 is 0 Å². The minimum atomic E-state index is -0.506. The Bertz CT molecular complexity index is 1700. The number of rotatable bonds is 6. The summed E-state index contributed by atoms with van der Waals surface area (Å²) in [5.74, 6) is 2.65. The summed E-state index contributed by atoms with van der Waals surface area (Å²) in [4.78, 5) is 24.1. The lowest BCUT2D eigenvalue weighted by atomic mass is 9.53. The number of nitrogens with two attached hydrogens (primary N) is 1. The van der Waals surface area contributed by atoms with Gasteiger partial charge in [-0.3, -0.25) is 5.41 Å². The zero-order valence-electron chi connectivity index (χ0n) is 26.7. The van der Waals surface area contributed by atoms with E-state index in [1.165, 1.54) is 12.0 Å². The number of nitrogens with one attached hydrogen (secondary N) is 2. The van der Waals surface area contributed by atoms with Crippen LogP contribution in [0.5, 0.6) is 5.75 Å². The van der Waals surface area contributed by atoms with Gasteiger partial charge in [-0.1, -0.05) is 18.2 Å². The molecule has 3 aromatic rings. The van der Waals surface area contributed by atoms with Gasteiger partial charge in [-0.25, -0.2) is 14.8 Å². The number of aromatic nitrogens is 4. The Labute approximate surface area is 269 Å². The number of phenolic OH excluding ortho intramolecular Hbond substituents is 1. The molecule has 1 amide bonds. The molecule has 5 unspecified atom stereocenters. The van der Waals surface area contributed by atoms with Crippen molar-refractivity contribution in [1.29, 1.82) is 5.41 Å². The fraction of sp³-hybridized carbons (Fsp3) is 0.486. The minimum Gasteiger partial charge on any atom is -0.507 e. The van der Waals surface area contributed by atoms with Crippen molar-refractivity contribution in [3.8, 4) is 17.0 Å². The first-order valence-corrected chi connectivity index (χ1v) is 16.3. The zero-order valence-corrected chi connectivity index (χ0v) is 26.7. The summed E-state index contributed by atoms with van der Waals surface area (Å²) in [6, 6.07) is 9.11. The average molecular weight is 623 g/mol. The topological polar surface area (TPSA) is 163 Å². The fourth-order valence-electron chi connectivity index (χ4n) is 8.34. The highest BCUT2D eigenvalue weighted by Gasteiger charge is 2.63. The highest BCUT2D eigenvalue weighted by atomic mass is 16.6. The van der Waals surface area contributed by atoms with Crippen molar-refractivity contribution in [2.45, 2.75) is 76.4 Å². The van der Waals surface area contributed by atoms with E-state index in [9.17, 15) is 9.90 Å². The van der Waals surface area contributed by atoms with Crippen molar-refractivity contribution >= 4 is 23.2 Å². The lowest BCUT2D eigenvalue weighted by Gasteiger charge is -2.52. The lowest BCUT2D eigenvalue weighted by molar-refractivity contribution is 0.0270. The van der Waals surface area contributed by atoms with E-state index >= 15 is 0 Å². The van der Waals surface area contributed by atoms with Gasteiger partial charge >= 0.3 is 6.09 Å². The van der Waals surface area contributed by atoms with Gasteiger partial charge in [0.05, 0.1) is 11.4 Å². The second kappa shape index (κ2) is 11.4. The number of carbonyl (C=O) groups excluding carboxylic acids is 1. The Morgan fingerprint density at radius 3 is 2.61 bits per heavy atom. The molecule has 3 heterocycles. The molecule has 240 valence electrons. The summed E-state index contributed by atoms with van der Waals surface area (Å²) in [6.07, 6.45) is 11.9. The molecule has 11 heteroatoms. The van der Waals surface area contributed by atoms with Crippen molar-refractivity contribution in [3.63, 3.8) is 0 Å². The van der Waals surface area contributed by atoms with E-state index in [4.69, 9.17) is 25.8 Å². The molecule has 46 heavy (non-hydrogen) atoms. The van der Waals surface area contributed by atoms with Crippen LogP contribution in [0.15, 0.2) is 48.8 Å². The molecule has 3 fully saturated rings. The van der Waals surface area contributed by atoms with Crippen molar-refractivity contribution in [2.24, 2.45) is 23.5 Å². The number of anilines is 1. The molecule has 11 nitrogen and oxygen atoms in total. The van der Waals surface area contributed by atoms with E-state index in [-0.39, 0.29) is 29.1 Å². The maximum atomic E-state index is 12.5. The average Bonchev–Trinajstić information content (AvgIpc) is 3.21. The molecule has 7 rings (SSSR count). The molecule has 1 aromatic carbocycles. The summed E-state index contributed by atoms with van der Waals surface area (Å²) < 4.78 is 5.53. The van der Waals surface area contributed by atoms with Gasteiger partial charge in [0.15, 0.2) is 5.69 Å². The zero-order chi connectivity index (χ0) is 32.2. The maximum absolute atomic E-state index is 12.5. The second-order valence-electron chi connectivity index (χ2n) is 14.5. The Kier molecular flexibility index (Phi) is 7.44. The molecule has 0 radical (unpaired) electrons. The molecule has 0 saturated heterocycles. The van der Waals surface area contributed by atoms with Crippen LogP contribution in [0.2, 0.25) is 0 Å².